The number of rotatable bonds is 3. The number of halogens is 3. The maximum atomic E-state index is 8.46. The summed E-state index contributed by atoms with van der Waals surface area (Å²) in [6.45, 7) is 0. The van der Waals surface area contributed by atoms with E-state index in [4.69, 9.17) is 10.2 Å². The summed E-state index contributed by atoms with van der Waals surface area (Å²) in [5, 5.41) is 16.9. The van der Waals surface area contributed by atoms with Crippen LogP contribution in [0.15, 0.2) is 0 Å². The van der Waals surface area contributed by atoms with Gasteiger partial charge in [0.25, 0.3) is 0 Å². The molecule has 0 aliphatic carbocycles. The maximum absolute atomic E-state index is 8.46. The Balaban J connectivity index is 3.21. The molecule has 0 heterocycles. The third kappa shape index (κ3) is 9.36. The third-order valence-corrected chi connectivity index (χ3v) is 2.11. The molecule has 0 bridgehead atoms. The van der Waals surface area contributed by atoms with Gasteiger partial charge in [-0.1, -0.05) is 47.8 Å². The summed E-state index contributed by atoms with van der Waals surface area (Å²) in [6.07, 6.45) is 0.768. The first-order valence-corrected chi connectivity index (χ1v) is 5.22. The van der Waals surface area contributed by atoms with Gasteiger partial charge in [-0.15, -0.1) is 0 Å². The fourth-order valence-electron chi connectivity index (χ4n) is 0.485. The summed E-state index contributed by atoms with van der Waals surface area (Å²) in [5.74, 6) is 0. The van der Waals surface area contributed by atoms with Crippen molar-refractivity contribution in [2.45, 2.75) is 27.7 Å². The van der Waals surface area contributed by atoms with Crippen LogP contribution in [0, 0.1) is 0 Å². The highest BCUT2D eigenvalue weighted by Crippen LogP contribution is 2.38. The van der Waals surface area contributed by atoms with Crippen molar-refractivity contribution in [3.63, 3.8) is 0 Å². The standard InChI is InChI=1S/C5H9Br3O2/c6-5(7,8)3-1-2-4(9)10/h4,9-10H,1-3H2. The van der Waals surface area contributed by atoms with Crippen LogP contribution in [0.3, 0.4) is 0 Å². The summed E-state index contributed by atoms with van der Waals surface area (Å²) in [7, 11) is 0. The topological polar surface area (TPSA) is 40.5 Å². The van der Waals surface area contributed by atoms with Crippen molar-refractivity contribution in [3.05, 3.63) is 0 Å². The smallest absolute Gasteiger partial charge is 0.151 e. The minimum Gasteiger partial charge on any atom is -0.368 e. The van der Waals surface area contributed by atoms with E-state index in [0.717, 1.165) is 12.8 Å². The van der Waals surface area contributed by atoms with Gasteiger partial charge in [-0.2, -0.15) is 0 Å². The molecular formula is C5H9Br3O2. The molecule has 5 heteroatoms. The predicted molar refractivity (Wildman–Crippen MR) is 51.6 cm³/mol. The van der Waals surface area contributed by atoms with Crippen LogP contribution in [0.25, 0.3) is 0 Å². The fraction of sp³-hybridized carbons (Fsp3) is 1.00. The molecule has 0 aromatic heterocycles. The second-order valence-electron chi connectivity index (χ2n) is 1.99. The lowest BCUT2D eigenvalue weighted by Crippen LogP contribution is -2.06. The molecule has 0 radical (unpaired) electrons. The Hall–Kier alpha value is 1.36. The van der Waals surface area contributed by atoms with Gasteiger partial charge < -0.3 is 10.2 Å². The van der Waals surface area contributed by atoms with Gasteiger partial charge in [-0.25, -0.2) is 0 Å². The van der Waals surface area contributed by atoms with Gasteiger partial charge in [0.1, 0.15) is 2.14 Å². The van der Waals surface area contributed by atoms with Crippen LogP contribution in [-0.2, 0) is 0 Å². The van der Waals surface area contributed by atoms with Crippen LogP contribution in [0.4, 0.5) is 0 Å². The normalized spacial score (nSPS) is 12.6. The van der Waals surface area contributed by atoms with Crippen LogP contribution in [0.5, 0.6) is 0 Å². The maximum Gasteiger partial charge on any atom is 0.151 e. The third-order valence-electron chi connectivity index (χ3n) is 0.923. The van der Waals surface area contributed by atoms with Crippen molar-refractivity contribution in [1.29, 1.82) is 0 Å². The van der Waals surface area contributed by atoms with Crippen molar-refractivity contribution in [1.82, 2.24) is 0 Å². The number of aliphatic hydroxyl groups excluding tert-OH is 1. The van der Waals surface area contributed by atoms with Gasteiger partial charge in [0.15, 0.2) is 6.29 Å². The van der Waals surface area contributed by atoms with E-state index in [2.05, 4.69) is 47.8 Å². The average Bonchev–Trinajstić information content (AvgIpc) is 1.59. The quantitative estimate of drug-likeness (QED) is 0.611. The molecule has 0 saturated heterocycles. The molecule has 0 aliphatic rings. The number of hydrogen-bond donors (Lipinski definition) is 2. The summed E-state index contributed by atoms with van der Waals surface area (Å²) in [5.41, 5.74) is 0. The Bertz CT molecular complexity index is 89.4. The average molecular weight is 341 g/mol. The minimum atomic E-state index is -1.19. The van der Waals surface area contributed by atoms with Gasteiger partial charge in [-0.05, 0) is 19.3 Å². The lowest BCUT2D eigenvalue weighted by atomic mass is 10.2. The highest BCUT2D eigenvalue weighted by Gasteiger charge is 2.16. The van der Waals surface area contributed by atoms with Gasteiger partial charge in [0.05, 0.1) is 0 Å². The molecule has 10 heavy (non-hydrogen) atoms. The first-order valence-electron chi connectivity index (χ1n) is 2.85. The van der Waals surface area contributed by atoms with Crippen molar-refractivity contribution in [3.8, 4) is 0 Å². The zero-order valence-electron chi connectivity index (χ0n) is 5.23. The fourth-order valence-corrected chi connectivity index (χ4v) is 1.33. The second kappa shape index (κ2) is 5.09. The molecule has 2 nitrogen and oxygen atoms in total. The predicted octanol–water partition coefficient (Wildman–Crippen LogP) is 2.31. The monoisotopic (exact) mass is 338 g/mol. The molecule has 2 N–H and O–H groups in total. The van der Waals surface area contributed by atoms with Crippen LogP contribution in [0.2, 0.25) is 0 Å². The van der Waals surface area contributed by atoms with Crippen LogP contribution in [-0.4, -0.2) is 18.6 Å². The van der Waals surface area contributed by atoms with E-state index in [-0.39, 0.29) is 2.14 Å². The second-order valence-corrected chi connectivity index (χ2v) is 9.24. The minimum absolute atomic E-state index is 0.248. The van der Waals surface area contributed by atoms with E-state index in [1.165, 1.54) is 0 Å². The van der Waals surface area contributed by atoms with Crippen LogP contribution in [0.1, 0.15) is 19.3 Å². The Morgan fingerprint density at radius 2 is 1.70 bits per heavy atom. The molecule has 0 amide bonds. The highest BCUT2D eigenvalue weighted by molar-refractivity contribution is 9.39. The van der Waals surface area contributed by atoms with Crippen molar-refractivity contribution >= 4 is 47.8 Å². The zero-order chi connectivity index (χ0) is 8.20. The lowest BCUT2D eigenvalue weighted by Gasteiger charge is -2.11. The van der Waals surface area contributed by atoms with Gasteiger partial charge in [0, 0.05) is 0 Å². The number of aliphatic hydroxyl groups is 2. The van der Waals surface area contributed by atoms with Crippen LogP contribution >= 0.6 is 47.8 Å². The molecule has 0 saturated carbocycles. The molecule has 62 valence electrons. The largest absolute Gasteiger partial charge is 0.368 e. The first kappa shape index (κ1) is 11.4. The molecular weight excluding hydrogens is 332 g/mol. The molecule has 0 unspecified atom stereocenters. The van der Waals surface area contributed by atoms with Crippen molar-refractivity contribution < 1.29 is 10.2 Å². The Morgan fingerprint density at radius 1 is 1.20 bits per heavy atom. The molecule has 0 rings (SSSR count). The molecule has 0 aliphatic heterocycles. The highest BCUT2D eigenvalue weighted by atomic mass is 80.0. The van der Waals surface area contributed by atoms with E-state index < -0.39 is 6.29 Å². The van der Waals surface area contributed by atoms with Crippen molar-refractivity contribution in [2.75, 3.05) is 0 Å². The van der Waals surface area contributed by atoms with Crippen molar-refractivity contribution in [2.24, 2.45) is 0 Å². The number of hydrogen-bond acceptors (Lipinski definition) is 2. The Morgan fingerprint density at radius 3 is 2.00 bits per heavy atom. The van der Waals surface area contributed by atoms with Gasteiger partial charge in [0.2, 0.25) is 0 Å². The van der Waals surface area contributed by atoms with Gasteiger partial charge >= 0.3 is 0 Å². The summed E-state index contributed by atoms with van der Waals surface area (Å²) in [4.78, 5) is 0. The van der Waals surface area contributed by atoms with Crippen LogP contribution < -0.4 is 0 Å². The molecule has 0 fully saturated rings. The molecule has 0 aromatic rings. The summed E-state index contributed by atoms with van der Waals surface area (Å²) in [6, 6.07) is 0. The number of alkyl halides is 3. The lowest BCUT2D eigenvalue weighted by molar-refractivity contribution is -0.0463. The van der Waals surface area contributed by atoms with E-state index in [9.17, 15) is 0 Å². The van der Waals surface area contributed by atoms with E-state index in [1.54, 1.807) is 0 Å². The van der Waals surface area contributed by atoms with Gasteiger partial charge in [-0.3, -0.25) is 0 Å². The Kier molecular flexibility index (Phi) is 5.78. The molecule has 0 atom stereocenters. The summed E-state index contributed by atoms with van der Waals surface area (Å²) >= 11 is 9.90. The Labute approximate surface area is 85.4 Å². The SMILES string of the molecule is OC(O)CCCC(Br)(Br)Br. The van der Waals surface area contributed by atoms with E-state index >= 15 is 0 Å². The van der Waals surface area contributed by atoms with E-state index in [1.807, 2.05) is 0 Å². The zero-order valence-corrected chi connectivity index (χ0v) is 9.98. The first-order chi connectivity index (χ1) is 4.42. The molecule has 0 spiro atoms. The molecule has 0 aromatic carbocycles. The van der Waals surface area contributed by atoms with E-state index in [0.29, 0.717) is 6.42 Å². The summed E-state index contributed by atoms with van der Waals surface area (Å²) < 4.78 is -0.248.